The number of benzene rings is 2. The molecule has 4 heterocycles. The zero-order valence-electron chi connectivity index (χ0n) is 21.4. The lowest BCUT2D eigenvalue weighted by atomic mass is 9.88. The molecule has 6 rings (SSSR count). The van der Waals surface area contributed by atoms with E-state index in [-0.39, 0.29) is 11.9 Å². The molecule has 3 saturated heterocycles. The van der Waals surface area contributed by atoms with Crippen molar-refractivity contribution in [1.82, 2.24) is 4.90 Å². The molecule has 0 aliphatic carbocycles. The highest BCUT2D eigenvalue weighted by molar-refractivity contribution is 5.86. The third-order valence-corrected chi connectivity index (χ3v) is 7.71. The van der Waals surface area contributed by atoms with Gasteiger partial charge in [-0.1, -0.05) is 54.6 Å². The Labute approximate surface area is 212 Å². The van der Waals surface area contributed by atoms with Crippen LogP contribution in [0.3, 0.4) is 0 Å². The van der Waals surface area contributed by atoms with Crippen LogP contribution in [0.25, 0.3) is 0 Å². The van der Waals surface area contributed by atoms with Gasteiger partial charge in [-0.15, -0.1) is 0 Å². The van der Waals surface area contributed by atoms with Gasteiger partial charge in [0.15, 0.2) is 17.7 Å². The van der Waals surface area contributed by atoms with Crippen LogP contribution in [0.1, 0.15) is 56.8 Å². The minimum Gasteiger partial charge on any atom is -0.348 e. The summed E-state index contributed by atoms with van der Waals surface area (Å²) in [6.45, 7) is 8.29. The molecular formula is C29H35NO6. The van der Waals surface area contributed by atoms with Crippen molar-refractivity contribution in [3.63, 3.8) is 0 Å². The number of carbonyl (C=O) groups is 1. The molecule has 36 heavy (non-hydrogen) atoms. The first-order chi connectivity index (χ1) is 17.2. The van der Waals surface area contributed by atoms with Gasteiger partial charge in [-0.3, -0.25) is 4.79 Å². The van der Waals surface area contributed by atoms with Crippen molar-refractivity contribution in [2.24, 2.45) is 0 Å². The summed E-state index contributed by atoms with van der Waals surface area (Å²) >= 11 is 0. The Bertz CT molecular complexity index is 1130. The number of nitrogens with zero attached hydrogens (tertiary/aromatic N) is 1. The number of ether oxygens (including phenoxy) is 5. The molecule has 4 aliphatic rings. The van der Waals surface area contributed by atoms with Crippen LogP contribution in [0.4, 0.5) is 0 Å². The minimum absolute atomic E-state index is 0.0927. The second-order valence-corrected chi connectivity index (χ2v) is 11.1. The summed E-state index contributed by atoms with van der Waals surface area (Å²) in [5.74, 6) is -3.53. The zero-order chi connectivity index (χ0) is 25.1. The van der Waals surface area contributed by atoms with Crippen molar-refractivity contribution in [2.75, 3.05) is 13.2 Å². The summed E-state index contributed by atoms with van der Waals surface area (Å²) in [5.41, 5.74) is 3.73. The fourth-order valence-corrected chi connectivity index (χ4v) is 6.17. The third kappa shape index (κ3) is 4.07. The molecule has 2 aromatic rings. The average Bonchev–Trinajstić information content (AvgIpc) is 3.29. The van der Waals surface area contributed by atoms with Gasteiger partial charge < -0.3 is 28.6 Å². The zero-order valence-corrected chi connectivity index (χ0v) is 21.4. The van der Waals surface area contributed by atoms with Crippen molar-refractivity contribution < 1.29 is 28.5 Å². The molecule has 192 valence electrons. The first kappa shape index (κ1) is 24.1. The smallest absolute Gasteiger partial charge is 0.286 e. The largest absolute Gasteiger partial charge is 0.348 e. The molecule has 7 heteroatoms. The number of amides is 1. The van der Waals surface area contributed by atoms with Crippen molar-refractivity contribution in [3.05, 3.63) is 71.3 Å². The van der Waals surface area contributed by atoms with Crippen molar-refractivity contribution in [1.29, 1.82) is 0 Å². The van der Waals surface area contributed by atoms with Crippen LogP contribution in [0.15, 0.2) is 54.6 Å². The Hall–Kier alpha value is -2.29. The van der Waals surface area contributed by atoms with Gasteiger partial charge in [-0.25, -0.2) is 0 Å². The second-order valence-electron chi connectivity index (χ2n) is 11.1. The molecule has 2 aromatic carbocycles. The molecule has 0 aromatic heterocycles. The van der Waals surface area contributed by atoms with E-state index in [1.54, 1.807) is 0 Å². The Kier molecular flexibility index (Phi) is 5.77. The molecule has 0 spiro atoms. The molecule has 0 radical (unpaired) electrons. The highest BCUT2D eigenvalue weighted by atomic mass is 16.9. The number of aryl methyl sites for hydroxylation is 1. The third-order valence-electron chi connectivity index (χ3n) is 7.71. The predicted molar refractivity (Wildman–Crippen MR) is 132 cm³/mol. The highest BCUT2D eigenvalue weighted by Crippen LogP contribution is 2.51. The van der Waals surface area contributed by atoms with E-state index in [4.69, 9.17) is 23.7 Å². The number of carbonyl (C=O) groups excluding carboxylic acids is 1. The quantitative estimate of drug-likeness (QED) is 0.638. The van der Waals surface area contributed by atoms with Crippen molar-refractivity contribution in [3.8, 4) is 0 Å². The van der Waals surface area contributed by atoms with E-state index in [1.165, 1.54) is 16.7 Å². The van der Waals surface area contributed by atoms with Crippen LogP contribution in [0, 0.1) is 0 Å². The Morgan fingerprint density at radius 1 is 0.944 bits per heavy atom. The molecule has 1 amide bonds. The van der Waals surface area contributed by atoms with Gasteiger partial charge in [-0.2, -0.15) is 0 Å². The van der Waals surface area contributed by atoms with Crippen LogP contribution in [0.5, 0.6) is 0 Å². The molecule has 0 unspecified atom stereocenters. The lowest BCUT2D eigenvalue weighted by Gasteiger charge is -2.41. The molecule has 0 saturated carbocycles. The van der Waals surface area contributed by atoms with Crippen LogP contribution in [0.2, 0.25) is 0 Å². The van der Waals surface area contributed by atoms with E-state index in [2.05, 4.69) is 48.5 Å². The fourth-order valence-electron chi connectivity index (χ4n) is 6.17. The lowest BCUT2D eigenvalue weighted by Crippen LogP contribution is -2.57. The van der Waals surface area contributed by atoms with Gasteiger partial charge in [0.25, 0.3) is 11.7 Å². The highest BCUT2D eigenvalue weighted by Gasteiger charge is 2.72. The van der Waals surface area contributed by atoms with Crippen LogP contribution < -0.4 is 0 Å². The SMILES string of the molecule is CC1(C)OC[C@@H]2O[C@@]3(C(=O)N4CCc5ccccc5[C@H]4CCc4ccccc4)OC(C)(C)O[C@H]3[C@@H]2O1. The summed E-state index contributed by atoms with van der Waals surface area (Å²) in [5, 5.41) is 0. The summed E-state index contributed by atoms with van der Waals surface area (Å²) in [4.78, 5) is 16.5. The van der Waals surface area contributed by atoms with Crippen molar-refractivity contribution in [2.45, 2.75) is 88.7 Å². The van der Waals surface area contributed by atoms with E-state index in [1.807, 2.05) is 38.7 Å². The number of hydrogen-bond acceptors (Lipinski definition) is 6. The first-order valence-corrected chi connectivity index (χ1v) is 13.0. The van der Waals surface area contributed by atoms with Gasteiger partial charge >= 0.3 is 0 Å². The Balaban J connectivity index is 1.34. The van der Waals surface area contributed by atoms with E-state index in [9.17, 15) is 4.79 Å². The standard InChI is InChI=1S/C29H35NO6/c1-27(2)32-18-23-24(34-27)25-29(33-23,36-28(3,4)35-25)26(31)30-17-16-20-12-8-9-13-21(20)22(30)15-14-19-10-6-5-7-11-19/h5-13,22-25H,14-18H2,1-4H3/t22-,23+,24-,25+,29-/m1/s1. The summed E-state index contributed by atoms with van der Waals surface area (Å²) in [7, 11) is 0. The number of rotatable bonds is 4. The van der Waals surface area contributed by atoms with E-state index >= 15 is 0 Å². The average molecular weight is 494 g/mol. The minimum atomic E-state index is -1.57. The van der Waals surface area contributed by atoms with Gasteiger partial charge in [-0.05, 0) is 63.6 Å². The fraction of sp³-hybridized carbons (Fsp3) is 0.552. The molecule has 7 nitrogen and oxygen atoms in total. The number of fused-ring (bicyclic) bond motifs is 4. The van der Waals surface area contributed by atoms with Crippen LogP contribution in [-0.2, 0) is 41.3 Å². The summed E-state index contributed by atoms with van der Waals surface area (Å²) in [6, 6.07) is 18.7. The van der Waals surface area contributed by atoms with Crippen molar-refractivity contribution >= 4 is 5.91 Å². The molecule has 5 atom stereocenters. The van der Waals surface area contributed by atoms with E-state index in [0.717, 1.165) is 19.3 Å². The maximum atomic E-state index is 14.5. The van der Waals surface area contributed by atoms with Gasteiger partial charge in [0, 0.05) is 6.54 Å². The first-order valence-electron chi connectivity index (χ1n) is 13.0. The maximum absolute atomic E-state index is 14.5. The Morgan fingerprint density at radius 3 is 2.50 bits per heavy atom. The normalized spacial score (nSPS) is 34.1. The Morgan fingerprint density at radius 2 is 1.69 bits per heavy atom. The monoisotopic (exact) mass is 493 g/mol. The van der Waals surface area contributed by atoms with Gasteiger partial charge in [0.2, 0.25) is 0 Å². The molecule has 0 bridgehead atoms. The molecule has 4 aliphatic heterocycles. The lowest BCUT2D eigenvalue weighted by molar-refractivity contribution is -0.325. The molecule has 0 N–H and O–H groups in total. The topological polar surface area (TPSA) is 66.5 Å². The molecular weight excluding hydrogens is 458 g/mol. The second kappa shape index (κ2) is 8.64. The van der Waals surface area contributed by atoms with Gasteiger partial charge in [0.05, 0.1) is 12.6 Å². The molecule has 3 fully saturated rings. The van der Waals surface area contributed by atoms with Crippen LogP contribution in [-0.4, -0.2) is 59.6 Å². The van der Waals surface area contributed by atoms with Crippen LogP contribution >= 0.6 is 0 Å². The van der Waals surface area contributed by atoms with Gasteiger partial charge in [0.1, 0.15) is 12.2 Å². The predicted octanol–water partition coefficient (Wildman–Crippen LogP) is 4.14. The maximum Gasteiger partial charge on any atom is 0.286 e. The summed E-state index contributed by atoms with van der Waals surface area (Å²) in [6.07, 6.45) is 0.869. The van der Waals surface area contributed by atoms with E-state index in [0.29, 0.717) is 13.2 Å². The summed E-state index contributed by atoms with van der Waals surface area (Å²) < 4.78 is 31.2. The number of hydrogen-bond donors (Lipinski definition) is 0. The van der Waals surface area contributed by atoms with E-state index < -0.39 is 35.7 Å².